The number of benzene rings is 1. The van der Waals surface area contributed by atoms with Crippen LogP contribution in [-0.4, -0.2) is 19.1 Å². The summed E-state index contributed by atoms with van der Waals surface area (Å²) in [6, 6.07) is 5.62. The predicted molar refractivity (Wildman–Crippen MR) is 69.2 cm³/mol. The predicted octanol–water partition coefficient (Wildman–Crippen LogP) is 2.07. The van der Waals surface area contributed by atoms with Crippen molar-refractivity contribution in [3.8, 4) is 5.75 Å². The van der Waals surface area contributed by atoms with Crippen LogP contribution in [0.25, 0.3) is 0 Å². The lowest BCUT2D eigenvalue weighted by atomic mass is 10.1. The van der Waals surface area contributed by atoms with Gasteiger partial charge in [0.1, 0.15) is 5.75 Å². The minimum Gasteiger partial charge on any atom is -0.496 e. The number of carbonyl (C=O) groups is 1. The zero-order valence-electron chi connectivity index (χ0n) is 10.6. The highest BCUT2D eigenvalue weighted by Gasteiger charge is 2.05. The molecule has 0 aliphatic carbocycles. The minimum atomic E-state index is -0.00753. The van der Waals surface area contributed by atoms with E-state index in [0.29, 0.717) is 12.8 Å². The van der Waals surface area contributed by atoms with Crippen LogP contribution in [0.4, 0.5) is 5.69 Å². The van der Waals surface area contributed by atoms with Gasteiger partial charge in [0, 0.05) is 18.2 Å². The van der Waals surface area contributed by atoms with Gasteiger partial charge in [-0.05, 0) is 44.0 Å². The van der Waals surface area contributed by atoms with E-state index in [2.05, 4.69) is 5.32 Å². The first kappa shape index (κ1) is 13.5. The van der Waals surface area contributed by atoms with Gasteiger partial charge in [-0.25, -0.2) is 0 Å². The van der Waals surface area contributed by atoms with E-state index in [0.717, 1.165) is 17.0 Å². The molecule has 1 rings (SSSR count). The van der Waals surface area contributed by atoms with Crippen LogP contribution in [0.15, 0.2) is 18.2 Å². The maximum absolute atomic E-state index is 11.6. The Labute approximate surface area is 102 Å². The standard InChI is InChI=1S/C13H20N2O2/c1-9-8-11(5-6-12(9)17-3)15-13(16)7-4-10(2)14/h5-6,8,10H,4,7,14H2,1-3H3,(H,15,16). The number of amides is 1. The van der Waals surface area contributed by atoms with Crippen molar-refractivity contribution in [3.63, 3.8) is 0 Å². The number of nitrogens with one attached hydrogen (secondary N) is 1. The van der Waals surface area contributed by atoms with Crippen LogP contribution >= 0.6 is 0 Å². The molecule has 1 atom stereocenters. The van der Waals surface area contributed by atoms with E-state index in [1.54, 1.807) is 7.11 Å². The maximum atomic E-state index is 11.6. The van der Waals surface area contributed by atoms with Gasteiger partial charge in [-0.1, -0.05) is 0 Å². The van der Waals surface area contributed by atoms with Crippen molar-refractivity contribution in [3.05, 3.63) is 23.8 Å². The van der Waals surface area contributed by atoms with Crippen molar-refractivity contribution in [1.82, 2.24) is 0 Å². The lowest BCUT2D eigenvalue weighted by Gasteiger charge is -2.09. The fraction of sp³-hybridized carbons (Fsp3) is 0.462. The van der Waals surface area contributed by atoms with E-state index in [-0.39, 0.29) is 11.9 Å². The van der Waals surface area contributed by atoms with Crippen LogP contribution in [-0.2, 0) is 4.79 Å². The van der Waals surface area contributed by atoms with Crippen molar-refractivity contribution in [1.29, 1.82) is 0 Å². The molecular formula is C13H20N2O2. The lowest BCUT2D eigenvalue weighted by Crippen LogP contribution is -2.19. The summed E-state index contributed by atoms with van der Waals surface area (Å²) < 4.78 is 5.15. The minimum absolute atomic E-state index is 0.00753. The molecule has 0 saturated carbocycles. The number of rotatable bonds is 5. The summed E-state index contributed by atoms with van der Waals surface area (Å²) in [7, 11) is 1.63. The number of nitrogens with two attached hydrogens (primary N) is 1. The number of anilines is 1. The summed E-state index contributed by atoms with van der Waals surface area (Å²) in [5, 5.41) is 2.84. The highest BCUT2D eigenvalue weighted by atomic mass is 16.5. The van der Waals surface area contributed by atoms with Crippen molar-refractivity contribution in [2.45, 2.75) is 32.7 Å². The molecule has 0 bridgehead atoms. The first-order valence-corrected chi connectivity index (χ1v) is 5.73. The van der Waals surface area contributed by atoms with Crippen molar-refractivity contribution >= 4 is 11.6 Å². The van der Waals surface area contributed by atoms with E-state index in [9.17, 15) is 4.79 Å². The summed E-state index contributed by atoms with van der Waals surface area (Å²) in [5.74, 6) is 0.811. The Balaban J connectivity index is 2.57. The Hall–Kier alpha value is -1.55. The molecule has 0 spiro atoms. The highest BCUT2D eigenvalue weighted by Crippen LogP contribution is 2.21. The number of aryl methyl sites for hydroxylation is 1. The first-order valence-electron chi connectivity index (χ1n) is 5.73. The third kappa shape index (κ3) is 4.44. The molecule has 4 heteroatoms. The number of carbonyl (C=O) groups excluding carboxylic acids is 1. The van der Waals surface area contributed by atoms with E-state index in [1.807, 2.05) is 32.0 Å². The van der Waals surface area contributed by atoms with Gasteiger partial charge in [0.2, 0.25) is 5.91 Å². The van der Waals surface area contributed by atoms with E-state index < -0.39 is 0 Å². The quantitative estimate of drug-likeness (QED) is 0.822. The zero-order valence-corrected chi connectivity index (χ0v) is 10.6. The van der Waals surface area contributed by atoms with Crippen molar-refractivity contribution in [2.24, 2.45) is 5.73 Å². The van der Waals surface area contributed by atoms with E-state index in [1.165, 1.54) is 0 Å². The van der Waals surface area contributed by atoms with Crippen LogP contribution in [0.5, 0.6) is 5.75 Å². The molecule has 94 valence electrons. The second-order valence-corrected chi connectivity index (χ2v) is 4.25. The van der Waals surface area contributed by atoms with Gasteiger partial charge in [-0.2, -0.15) is 0 Å². The molecule has 3 N–H and O–H groups in total. The van der Waals surface area contributed by atoms with Crippen molar-refractivity contribution in [2.75, 3.05) is 12.4 Å². The van der Waals surface area contributed by atoms with Gasteiger partial charge in [0.15, 0.2) is 0 Å². The Bertz CT molecular complexity index is 389. The monoisotopic (exact) mass is 236 g/mol. The van der Waals surface area contributed by atoms with Gasteiger partial charge in [-0.3, -0.25) is 4.79 Å². The average Bonchev–Trinajstić information content (AvgIpc) is 2.26. The number of methoxy groups -OCH3 is 1. The van der Waals surface area contributed by atoms with Gasteiger partial charge in [-0.15, -0.1) is 0 Å². The molecule has 1 unspecified atom stereocenters. The molecule has 4 nitrogen and oxygen atoms in total. The zero-order chi connectivity index (χ0) is 12.8. The Morgan fingerprint density at radius 1 is 1.53 bits per heavy atom. The van der Waals surface area contributed by atoms with E-state index >= 15 is 0 Å². The van der Waals surface area contributed by atoms with Crippen LogP contribution in [0, 0.1) is 6.92 Å². The summed E-state index contributed by atoms with van der Waals surface area (Å²) in [4.78, 5) is 11.6. The number of hydrogen-bond donors (Lipinski definition) is 2. The SMILES string of the molecule is COc1ccc(NC(=O)CCC(C)N)cc1C. The second-order valence-electron chi connectivity index (χ2n) is 4.25. The normalized spacial score (nSPS) is 12.0. The maximum Gasteiger partial charge on any atom is 0.224 e. The molecule has 0 saturated heterocycles. The molecule has 0 heterocycles. The molecule has 1 aromatic carbocycles. The van der Waals surface area contributed by atoms with Gasteiger partial charge >= 0.3 is 0 Å². The van der Waals surface area contributed by atoms with E-state index in [4.69, 9.17) is 10.5 Å². The largest absolute Gasteiger partial charge is 0.496 e. The van der Waals surface area contributed by atoms with Gasteiger partial charge in [0.25, 0.3) is 0 Å². The molecule has 17 heavy (non-hydrogen) atoms. The van der Waals surface area contributed by atoms with Crippen LogP contribution in [0.2, 0.25) is 0 Å². The molecule has 1 amide bonds. The second kappa shape index (κ2) is 6.25. The fourth-order valence-electron chi connectivity index (χ4n) is 1.54. The smallest absolute Gasteiger partial charge is 0.224 e. The Morgan fingerprint density at radius 2 is 2.24 bits per heavy atom. The molecule has 0 aliphatic heterocycles. The van der Waals surface area contributed by atoms with Crippen LogP contribution < -0.4 is 15.8 Å². The first-order chi connectivity index (χ1) is 8.02. The van der Waals surface area contributed by atoms with Crippen LogP contribution in [0.3, 0.4) is 0 Å². The molecule has 0 aromatic heterocycles. The molecule has 0 aliphatic rings. The summed E-state index contributed by atoms with van der Waals surface area (Å²) in [5.41, 5.74) is 7.39. The van der Waals surface area contributed by atoms with Crippen LogP contribution in [0.1, 0.15) is 25.3 Å². The lowest BCUT2D eigenvalue weighted by molar-refractivity contribution is -0.116. The third-order valence-corrected chi connectivity index (χ3v) is 2.51. The molecule has 0 radical (unpaired) electrons. The fourth-order valence-corrected chi connectivity index (χ4v) is 1.54. The number of hydrogen-bond acceptors (Lipinski definition) is 3. The summed E-state index contributed by atoms with van der Waals surface area (Å²) in [6.45, 7) is 3.83. The highest BCUT2D eigenvalue weighted by molar-refractivity contribution is 5.90. The molecule has 1 aromatic rings. The topological polar surface area (TPSA) is 64.3 Å². The number of ether oxygens (including phenoxy) is 1. The summed E-state index contributed by atoms with van der Waals surface area (Å²) >= 11 is 0. The molecule has 0 fully saturated rings. The van der Waals surface area contributed by atoms with Gasteiger partial charge in [0.05, 0.1) is 7.11 Å². The van der Waals surface area contributed by atoms with Crippen molar-refractivity contribution < 1.29 is 9.53 Å². The van der Waals surface area contributed by atoms with Gasteiger partial charge < -0.3 is 15.8 Å². The average molecular weight is 236 g/mol. The Morgan fingerprint density at radius 3 is 2.76 bits per heavy atom. The molecular weight excluding hydrogens is 216 g/mol. The third-order valence-electron chi connectivity index (χ3n) is 2.51. The summed E-state index contributed by atoms with van der Waals surface area (Å²) in [6.07, 6.45) is 1.14. The Kier molecular flexibility index (Phi) is 4.97.